The Balaban J connectivity index is 1.86. The number of amides is 1. The van der Waals surface area contributed by atoms with Gasteiger partial charge in [0.1, 0.15) is 0 Å². The van der Waals surface area contributed by atoms with Gasteiger partial charge in [-0.3, -0.25) is 9.78 Å². The van der Waals surface area contributed by atoms with E-state index in [1.165, 1.54) is 0 Å². The van der Waals surface area contributed by atoms with Gasteiger partial charge in [0.15, 0.2) is 11.5 Å². The van der Waals surface area contributed by atoms with Gasteiger partial charge < -0.3 is 14.8 Å². The highest BCUT2D eigenvalue weighted by Crippen LogP contribution is 2.31. The summed E-state index contributed by atoms with van der Waals surface area (Å²) in [5, 5.41) is 3.61. The van der Waals surface area contributed by atoms with Crippen LogP contribution in [0.5, 0.6) is 11.5 Å². The summed E-state index contributed by atoms with van der Waals surface area (Å²) < 4.78 is 10.6. The first-order chi connectivity index (χ1) is 13.6. The fraction of sp³-hybridized carbons (Fsp3) is 0.182. The van der Waals surface area contributed by atoms with Crippen LogP contribution in [0.2, 0.25) is 5.02 Å². The number of anilines is 1. The minimum absolute atomic E-state index is 0.119. The van der Waals surface area contributed by atoms with Gasteiger partial charge in [-0.05, 0) is 53.9 Å². The summed E-state index contributed by atoms with van der Waals surface area (Å²) >= 11 is 6.01. The first-order valence-electron chi connectivity index (χ1n) is 8.78. The van der Waals surface area contributed by atoms with Crippen molar-refractivity contribution in [3.05, 3.63) is 83.1 Å². The predicted molar refractivity (Wildman–Crippen MR) is 110 cm³/mol. The number of methoxy groups -OCH3 is 2. The zero-order chi connectivity index (χ0) is 19.9. The minimum Gasteiger partial charge on any atom is -0.493 e. The highest BCUT2D eigenvalue weighted by atomic mass is 35.5. The fourth-order valence-corrected chi connectivity index (χ4v) is 3.08. The molecule has 1 N–H and O–H groups in total. The molecule has 5 nitrogen and oxygen atoms in total. The van der Waals surface area contributed by atoms with Crippen molar-refractivity contribution in [2.24, 2.45) is 0 Å². The molecule has 3 aromatic rings. The number of pyridine rings is 1. The van der Waals surface area contributed by atoms with Crippen LogP contribution in [0.3, 0.4) is 0 Å². The lowest BCUT2D eigenvalue weighted by Crippen LogP contribution is -2.23. The number of rotatable bonds is 7. The molecule has 0 bridgehead atoms. The van der Waals surface area contributed by atoms with Crippen molar-refractivity contribution in [3.8, 4) is 11.5 Å². The van der Waals surface area contributed by atoms with Crippen molar-refractivity contribution < 1.29 is 14.3 Å². The number of nitrogens with zero attached hydrogens (tertiary/aromatic N) is 1. The molecule has 0 aliphatic carbocycles. The van der Waals surface area contributed by atoms with Crippen molar-refractivity contribution in [1.82, 2.24) is 4.98 Å². The van der Waals surface area contributed by atoms with Gasteiger partial charge >= 0.3 is 0 Å². The highest BCUT2D eigenvalue weighted by Gasteiger charge is 2.22. The number of carbonyl (C=O) groups excluding carboxylic acids is 1. The molecular formula is C22H21ClN2O3. The lowest BCUT2D eigenvalue weighted by atomic mass is 9.91. The Morgan fingerprint density at radius 2 is 1.68 bits per heavy atom. The van der Waals surface area contributed by atoms with E-state index < -0.39 is 0 Å². The fourth-order valence-electron chi connectivity index (χ4n) is 2.95. The molecule has 6 heteroatoms. The topological polar surface area (TPSA) is 60.5 Å². The van der Waals surface area contributed by atoms with Crippen LogP contribution in [0.15, 0.2) is 67.0 Å². The third-order valence-corrected chi connectivity index (χ3v) is 4.68. The molecule has 3 rings (SSSR count). The number of carbonyl (C=O) groups is 1. The smallest absolute Gasteiger partial charge is 0.232 e. The molecule has 0 fully saturated rings. The van der Waals surface area contributed by atoms with Gasteiger partial charge in [0.25, 0.3) is 0 Å². The second-order valence-electron chi connectivity index (χ2n) is 6.22. The molecule has 28 heavy (non-hydrogen) atoms. The lowest BCUT2D eigenvalue weighted by molar-refractivity contribution is -0.117. The zero-order valence-corrected chi connectivity index (χ0v) is 16.4. The summed E-state index contributed by atoms with van der Waals surface area (Å²) in [6.45, 7) is 0. The van der Waals surface area contributed by atoms with Gasteiger partial charge in [0.05, 0.1) is 20.1 Å². The molecule has 1 amide bonds. The monoisotopic (exact) mass is 396 g/mol. The molecule has 1 unspecified atom stereocenters. The maximum atomic E-state index is 13.1. The molecule has 0 saturated heterocycles. The van der Waals surface area contributed by atoms with E-state index in [2.05, 4.69) is 10.3 Å². The van der Waals surface area contributed by atoms with Gasteiger partial charge in [-0.2, -0.15) is 0 Å². The van der Waals surface area contributed by atoms with Crippen LogP contribution >= 0.6 is 11.6 Å². The molecule has 1 aromatic heterocycles. The number of hydrogen-bond acceptors (Lipinski definition) is 4. The summed E-state index contributed by atoms with van der Waals surface area (Å²) in [6, 6.07) is 16.4. The standard InChI is InChI=1S/C22H21ClN2O3/c1-27-20-8-7-18(14-21(20)28-2)25-22(26)19(13-15-9-11-24-12-10-15)16-3-5-17(23)6-4-16/h3-12,14,19H,13H2,1-2H3,(H,25,26). The lowest BCUT2D eigenvalue weighted by Gasteiger charge is -2.18. The van der Waals surface area contributed by atoms with Gasteiger partial charge in [0, 0.05) is 29.2 Å². The largest absolute Gasteiger partial charge is 0.493 e. The Bertz CT molecular complexity index is 930. The first-order valence-corrected chi connectivity index (χ1v) is 9.15. The number of benzene rings is 2. The van der Waals surface area contributed by atoms with Gasteiger partial charge in [-0.15, -0.1) is 0 Å². The van der Waals surface area contributed by atoms with Crippen molar-refractivity contribution in [2.75, 3.05) is 19.5 Å². The summed E-state index contributed by atoms with van der Waals surface area (Å²) in [7, 11) is 3.13. The van der Waals surface area contributed by atoms with Crippen molar-refractivity contribution >= 4 is 23.2 Å². The second-order valence-corrected chi connectivity index (χ2v) is 6.66. The third kappa shape index (κ3) is 4.81. The number of halogens is 1. The molecule has 0 aliphatic rings. The SMILES string of the molecule is COc1ccc(NC(=O)C(Cc2ccncc2)c2ccc(Cl)cc2)cc1OC. The summed E-state index contributed by atoms with van der Waals surface area (Å²) in [6.07, 6.45) is 3.99. The quantitative estimate of drug-likeness (QED) is 0.627. The van der Waals surface area contributed by atoms with E-state index in [1.54, 1.807) is 56.9 Å². The Morgan fingerprint density at radius 3 is 2.32 bits per heavy atom. The molecule has 0 aliphatic heterocycles. The normalized spacial score (nSPS) is 11.5. The third-order valence-electron chi connectivity index (χ3n) is 4.43. The van der Waals surface area contributed by atoms with Gasteiger partial charge in [-0.1, -0.05) is 23.7 Å². The van der Waals surface area contributed by atoms with Crippen LogP contribution < -0.4 is 14.8 Å². The van der Waals surface area contributed by atoms with Crippen LogP contribution in [-0.2, 0) is 11.2 Å². The summed E-state index contributed by atoms with van der Waals surface area (Å²) in [5.41, 5.74) is 2.55. The van der Waals surface area contributed by atoms with Crippen LogP contribution in [0.4, 0.5) is 5.69 Å². The average molecular weight is 397 g/mol. The molecule has 0 saturated carbocycles. The Morgan fingerprint density at radius 1 is 1.00 bits per heavy atom. The van der Waals surface area contributed by atoms with Crippen LogP contribution in [0.25, 0.3) is 0 Å². The van der Waals surface area contributed by atoms with Crippen molar-refractivity contribution in [3.63, 3.8) is 0 Å². The van der Waals surface area contributed by atoms with Crippen LogP contribution in [0, 0.1) is 0 Å². The summed E-state index contributed by atoms with van der Waals surface area (Å²) in [5.74, 6) is 0.656. The van der Waals surface area contributed by atoms with E-state index in [-0.39, 0.29) is 11.8 Å². The Kier molecular flexibility index (Phi) is 6.50. The molecule has 1 heterocycles. The van der Waals surface area contributed by atoms with Crippen LogP contribution in [0.1, 0.15) is 17.0 Å². The highest BCUT2D eigenvalue weighted by molar-refractivity contribution is 6.30. The molecule has 0 radical (unpaired) electrons. The van der Waals surface area contributed by atoms with E-state index in [0.717, 1.165) is 11.1 Å². The minimum atomic E-state index is -0.382. The Hall–Kier alpha value is -3.05. The second kappa shape index (κ2) is 9.24. The van der Waals surface area contributed by atoms with Gasteiger partial charge in [0.2, 0.25) is 5.91 Å². The van der Waals surface area contributed by atoms with E-state index in [4.69, 9.17) is 21.1 Å². The van der Waals surface area contributed by atoms with Gasteiger partial charge in [-0.25, -0.2) is 0 Å². The maximum absolute atomic E-state index is 13.1. The average Bonchev–Trinajstić information content (AvgIpc) is 2.73. The zero-order valence-electron chi connectivity index (χ0n) is 15.7. The molecule has 2 aromatic carbocycles. The van der Waals surface area contributed by atoms with E-state index in [1.807, 2.05) is 24.3 Å². The summed E-state index contributed by atoms with van der Waals surface area (Å²) in [4.78, 5) is 17.2. The number of hydrogen-bond donors (Lipinski definition) is 1. The molecular weight excluding hydrogens is 376 g/mol. The maximum Gasteiger partial charge on any atom is 0.232 e. The van der Waals surface area contributed by atoms with Crippen molar-refractivity contribution in [1.29, 1.82) is 0 Å². The van der Waals surface area contributed by atoms with E-state index in [0.29, 0.717) is 28.6 Å². The number of nitrogens with one attached hydrogen (secondary N) is 1. The van der Waals surface area contributed by atoms with Crippen LogP contribution in [-0.4, -0.2) is 25.1 Å². The Labute approximate surface area is 169 Å². The first kappa shape index (κ1) is 19.7. The molecule has 0 spiro atoms. The number of ether oxygens (including phenoxy) is 2. The van der Waals surface area contributed by atoms with Crippen molar-refractivity contribution in [2.45, 2.75) is 12.3 Å². The number of aromatic nitrogens is 1. The predicted octanol–water partition coefficient (Wildman–Crippen LogP) is 4.72. The molecule has 144 valence electrons. The van der Waals surface area contributed by atoms with E-state index in [9.17, 15) is 4.79 Å². The molecule has 1 atom stereocenters. The van der Waals surface area contributed by atoms with E-state index >= 15 is 0 Å².